The number of aromatic nitrogens is 2. The number of hydrogen-bond donors (Lipinski definition) is 2. The van der Waals surface area contributed by atoms with E-state index in [1.165, 1.54) is 6.07 Å². The van der Waals surface area contributed by atoms with Gasteiger partial charge in [-0.25, -0.2) is 0 Å². The molecule has 17 heavy (non-hydrogen) atoms. The van der Waals surface area contributed by atoms with Crippen LogP contribution in [0.15, 0.2) is 6.07 Å². The number of nitrogens with one attached hydrogen (secondary N) is 1. The summed E-state index contributed by atoms with van der Waals surface area (Å²) in [5.74, 6) is -0.444. The van der Waals surface area contributed by atoms with Crippen molar-refractivity contribution < 1.29 is 9.90 Å². The van der Waals surface area contributed by atoms with Crippen LogP contribution in [0.1, 0.15) is 30.6 Å². The van der Waals surface area contributed by atoms with Crippen molar-refractivity contribution in [2.45, 2.75) is 25.9 Å². The van der Waals surface area contributed by atoms with Crippen LogP contribution in [0, 0.1) is 0 Å². The number of amides is 1. The van der Waals surface area contributed by atoms with Gasteiger partial charge in [-0.1, -0.05) is 30.1 Å². The minimum absolute atomic E-state index is 0.0250. The first kappa shape index (κ1) is 14.2. The maximum atomic E-state index is 11.7. The Morgan fingerprint density at radius 1 is 1.53 bits per heavy atom. The van der Waals surface area contributed by atoms with Gasteiger partial charge in [0.1, 0.15) is 0 Å². The Morgan fingerprint density at radius 3 is 2.76 bits per heavy atom. The molecule has 1 rings (SSSR count). The molecule has 2 N–H and O–H groups in total. The lowest BCUT2D eigenvalue weighted by Gasteiger charge is -2.21. The van der Waals surface area contributed by atoms with Gasteiger partial charge in [0.15, 0.2) is 10.3 Å². The van der Waals surface area contributed by atoms with Crippen molar-refractivity contribution in [1.29, 1.82) is 0 Å². The van der Waals surface area contributed by atoms with Crippen LogP contribution in [0.5, 0.6) is 0 Å². The molecule has 1 atom stereocenters. The molecular weight excluding hydrogens is 265 g/mol. The van der Waals surface area contributed by atoms with E-state index < -0.39 is 11.5 Å². The van der Waals surface area contributed by atoms with Crippen molar-refractivity contribution in [2.75, 3.05) is 6.54 Å². The first-order chi connectivity index (χ1) is 7.85. The molecule has 1 aromatic rings. The third-order valence-corrected chi connectivity index (χ3v) is 2.82. The van der Waals surface area contributed by atoms with E-state index in [4.69, 9.17) is 23.2 Å². The average Bonchev–Trinajstić information content (AvgIpc) is 2.29. The van der Waals surface area contributed by atoms with E-state index in [0.29, 0.717) is 6.42 Å². The highest BCUT2D eigenvalue weighted by atomic mass is 35.5. The summed E-state index contributed by atoms with van der Waals surface area (Å²) in [7, 11) is 0. The Hall–Kier alpha value is -0.910. The molecule has 1 heterocycles. The van der Waals surface area contributed by atoms with Crippen molar-refractivity contribution in [3.63, 3.8) is 0 Å². The van der Waals surface area contributed by atoms with Crippen molar-refractivity contribution in [3.8, 4) is 0 Å². The zero-order valence-electron chi connectivity index (χ0n) is 9.50. The predicted molar refractivity (Wildman–Crippen MR) is 65.3 cm³/mol. The quantitative estimate of drug-likeness (QED) is 0.878. The molecule has 0 aliphatic heterocycles. The normalized spacial score (nSPS) is 14.2. The third kappa shape index (κ3) is 4.11. The molecule has 1 aromatic heterocycles. The van der Waals surface area contributed by atoms with Gasteiger partial charge in [-0.15, -0.1) is 10.2 Å². The first-order valence-corrected chi connectivity index (χ1v) is 5.80. The Labute approximate surface area is 109 Å². The first-order valence-electron chi connectivity index (χ1n) is 5.05. The topological polar surface area (TPSA) is 75.1 Å². The molecule has 0 saturated carbocycles. The number of halogens is 2. The van der Waals surface area contributed by atoms with E-state index in [1.54, 1.807) is 6.92 Å². The van der Waals surface area contributed by atoms with Gasteiger partial charge in [0.2, 0.25) is 0 Å². The lowest BCUT2D eigenvalue weighted by atomic mass is 10.0. The van der Waals surface area contributed by atoms with Crippen LogP contribution in [0.2, 0.25) is 10.3 Å². The standard InChI is InChI=1S/C10H13Cl2N3O2/c1-3-10(2,17)5-13-9(16)6-4-7(11)14-15-8(6)12/h4,17H,3,5H2,1-2H3,(H,13,16). The largest absolute Gasteiger partial charge is 0.388 e. The molecule has 0 aliphatic carbocycles. The summed E-state index contributed by atoms with van der Waals surface area (Å²) < 4.78 is 0. The lowest BCUT2D eigenvalue weighted by Crippen LogP contribution is -2.40. The Morgan fingerprint density at radius 2 is 2.18 bits per heavy atom. The number of nitrogens with zero attached hydrogens (tertiary/aromatic N) is 2. The maximum Gasteiger partial charge on any atom is 0.254 e. The van der Waals surface area contributed by atoms with E-state index >= 15 is 0 Å². The van der Waals surface area contributed by atoms with Crippen LogP contribution in [0.4, 0.5) is 0 Å². The summed E-state index contributed by atoms with van der Waals surface area (Å²) in [5, 5.41) is 19.4. The Balaban J connectivity index is 2.74. The van der Waals surface area contributed by atoms with E-state index in [0.717, 1.165) is 0 Å². The molecule has 0 bridgehead atoms. The van der Waals surface area contributed by atoms with Crippen LogP contribution in [0.25, 0.3) is 0 Å². The molecule has 0 saturated heterocycles. The number of carbonyl (C=O) groups is 1. The fourth-order valence-corrected chi connectivity index (χ4v) is 1.33. The smallest absolute Gasteiger partial charge is 0.254 e. The van der Waals surface area contributed by atoms with Gasteiger partial charge in [-0.3, -0.25) is 4.79 Å². The average molecular weight is 278 g/mol. The SMILES string of the molecule is CCC(C)(O)CNC(=O)c1cc(Cl)nnc1Cl. The number of rotatable bonds is 4. The molecule has 0 aromatic carbocycles. The molecule has 5 nitrogen and oxygen atoms in total. The molecule has 7 heteroatoms. The van der Waals surface area contributed by atoms with Gasteiger partial charge in [0, 0.05) is 6.54 Å². The summed E-state index contributed by atoms with van der Waals surface area (Å²) in [6.45, 7) is 3.58. The summed E-state index contributed by atoms with van der Waals surface area (Å²) in [5.41, 5.74) is -0.814. The van der Waals surface area contributed by atoms with E-state index in [2.05, 4.69) is 15.5 Å². The molecule has 0 aliphatic rings. The molecule has 94 valence electrons. The van der Waals surface area contributed by atoms with Crippen LogP contribution >= 0.6 is 23.2 Å². The van der Waals surface area contributed by atoms with Crippen molar-refractivity contribution >= 4 is 29.1 Å². The van der Waals surface area contributed by atoms with Gasteiger partial charge in [-0.2, -0.15) is 0 Å². The van der Waals surface area contributed by atoms with E-state index in [-0.39, 0.29) is 22.4 Å². The molecule has 1 amide bonds. The second kappa shape index (κ2) is 5.62. The summed E-state index contributed by atoms with van der Waals surface area (Å²) in [6.07, 6.45) is 0.524. The predicted octanol–water partition coefficient (Wildman–Crippen LogP) is 1.67. The fraction of sp³-hybridized carbons (Fsp3) is 0.500. The van der Waals surface area contributed by atoms with Gasteiger partial charge in [0.25, 0.3) is 5.91 Å². The fourth-order valence-electron chi connectivity index (χ4n) is 1.00. The molecule has 0 radical (unpaired) electrons. The minimum atomic E-state index is -0.952. The Bertz CT molecular complexity index is 424. The van der Waals surface area contributed by atoms with Crippen LogP contribution in [0.3, 0.4) is 0 Å². The van der Waals surface area contributed by atoms with E-state index in [1.807, 2.05) is 6.92 Å². The minimum Gasteiger partial charge on any atom is -0.388 e. The van der Waals surface area contributed by atoms with Crippen LogP contribution in [-0.4, -0.2) is 33.4 Å². The van der Waals surface area contributed by atoms with Crippen molar-refractivity contribution in [1.82, 2.24) is 15.5 Å². The van der Waals surface area contributed by atoms with Crippen LogP contribution in [-0.2, 0) is 0 Å². The van der Waals surface area contributed by atoms with Gasteiger partial charge >= 0.3 is 0 Å². The molecule has 1 unspecified atom stereocenters. The monoisotopic (exact) mass is 277 g/mol. The zero-order valence-corrected chi connectivity index (χ0v) is 11.0. The lowest BCUT2D eigenvalue weighted by molar-refractivity contribution is 0.0518. The number of hydrogen-bond acceptors (Lipinski definition) is 4. The summed E-state index contributed by atoms with van der Waals surface area (Å²) in [6, 6.07) is 1.33. The molecule has 0 spiro atoms. The van der Waals surface area contributed by atoms with Crippen molar-refractivity contribution in [2.24, 2.45) is 0 Å². The van der Waals surface area contributed by atoms with Crippen molar-refractivity contribution in [3.05, 3.63) is 21.9 Å². The van der Waals surface area contributed by atoms with E-state index in [9.17, 15) is 9.90 Å². The maximum absolute atomic E-state index is 11.7. The number of aliphatic hydroxyl groups is 1. The van der Waals surface area contributed by atoms with Gasteiger partial charge in [-0.05, 0) is 19.4 Å². The van der Waals surface area contributed by atoms with Crippen LogP contribution < -0.4 is 5.32 Å². The molecule has 0 fully saturated rings. The second-order valence-corrected chi connectivity index (χ2v) is 4.65. The zero-order chi connectivity index (χ0) is 13.1. The summed E-state index contributed by atoms with van der Waals surface area (Å²) >= 11 is 11.3. The Kier molecular flexibility index (Phi) is 4.68. The third-order valence-electron chi connectivity index (χ3n) is 2.36. The highest BCUT2D eigenvalue weighted by Crippen LogP contribution is 2.15. The number of carbonyl (C=O) groups excluding carboxylic acids is 1. The van der Waals surface area contributed by atoms with Gasteiger partial charge < -0.3 is 10.4 Å². The highest BCUT2D eigenvalue weighted by Gasteiger charge is 2.20. The highest BCUT2D eigenvalue weighted by molar-refractivity contribution is 6.34. The van der Waals surface area contributed by atoms with Gasteiger partial charge in [0.05, 0.1) is 11.2 Å². The summed E-state index contributed by atoms with van der Waals surface area (Å²) in [4.78, 5) is 11.7. The molecular formula is C10H13Cl2N3O2. The second-order valence-electron chi connectivity index (χ2n) is 3.90.